The Morgan fingerprint density at radius 1 is 1.24 bits per heavy atom. The molecule has 25 heavy (non-hydrogen) atoms. The second-order valence-electron chi connectivity index (χ2n) is 9.01. The van der Waals surface area contributed by atoms with Crippen LogP contribution in [0.25, 0.3) is 0 Å². The lowest BCUT2D eigenvalue weighted by Gasteiger charge is -2.57. The van der Waals surface area contributed by atoms with Crippen molar-refractivity contribution in [3.05, 3.63) is 0 Å². The summed E-state index contributed by atoms with van der Waals surface area (Å²) in [6.45, 7) is 15.7. The first-order valence-electron chi connectivity index (χ1n) is 10.1. The Bertz CT molecular complexity index is 444. The topological polar surface area (TPSA) is 67.6 Å². The maximum absolute atomic E-state index is 12.6. The van der Waals surface area contributed by atoms with Gasteiger partial charge in [0.15, 0.2) is 0 Å². The third-order valence-corrected chi connectivity index (χ3v) is 6.37. The van der Waals surface area contributed by atoms with Crippen LogP contribution in [0.4, 0.5) is 0 Å². The highest BCUT2D eigenvalue weighted by molar-refractivity contribution is 5.88. The largest absolute Gasteiger partial charge is 0.378 e. The van der Waals surface area contributed by atoms with Gasteiger partial charge in [-0.3, -0.25) is 4.79 Å². The molecule has 1 amide bonds. The van der Waals surface area contributed by atoms with E-state index >= 15 is 0 Å². The van der Waals surface area contributed by atoms with Gasteiger partial charge in [0, 0.05) is 38.1 Å². The fraction of sp³-hybridized carbons (Fsp3) is 0.950. The van der Waals surface area contributed by atoms with E-state index in [1.165, 1.54) is 19.5 Å². The molecule has 0 bridgehead atoms. The van der Waals surface area contributed by atoms with Gasteiger partial charge in [0.1, 0.15) is 5.54 Å². The third-order valence-electron chi connectivity index (χ3n) is 6.37. The average molecular weight is 354 g/mol. The molecule has 0 aromatic rings. The maximum Gasteiger partial charge on any atom is 0.240 e. The molecule has 2 fully saturated rings. The third kappa shape index (κ3) is 4.55. The summed E-state index contributed by atoms with van der Waals surface area (Å²) in [6, 6.07) is 0. The van der Waals surface area contributed by atoms with Crippen LogP contribution in [-0.2, 0) is 9.53 Å². The van der Waals surface area contributed by atoms with Gasteiger partial charge in [-0.2, -0.15) is 0 Å². The first-order valence-corrected chi connectivity index (χ1v) is 10.1. The molecule has 5 nitrogen and oxygen atoms in total. The number of hydrogen-bond donors (Lipinski definition) is 2. The fourth-order valence-electron chi connectivity index (χ4n) is 4.62. The van der Waals surface area contributed by atoms with Crippen molar-refractivity contribution in [3.63, 3.8) is 0 Å². The predicted molar refractivity (Wildman–Crippen MR) is 102 cm³/mol. The van der Waals surface area contributed by atoms with Gasteiger partial charge in [0.25, 0.3) is 0 Å². The zero-order valence-corrected chi connectivity index (χ0v) is 16.9. The summed E-state index contributed by atoms with van der Waals surface area (Å²) in [4.78, 5) is 15.1. The Kier molecular flexibility index (Phi) is 6.91. The van der Waals surface area contributed by atoms with Gasteiger partial charge in [-0.05, 0) is 44.6 Å². The van der Waals surface area contributed by atoms with Crippen LogP contribution in [0.3, 0.4) is 0 Å². The van der Waals surface area contributed by atoms with Crippen molar-refractivity contribution in [3.8, 4) is 0 Å². The highest BCUT2D eigenvalue weighted by Gasteiger charge is 2.62. The quantitative estimate of drug-likeness (QED) is 0.658. The van der Waals surface area contributed by atoms with Crippen LogP contribution < -0.4 is 11.1 Å². The number of hydrogen-bond acceptors (Lipinski definition) is 4. The number of amides is 1. The van der Waals surface area contributed by atoms with Crippen molar-refractivity contribution in [2.24, 2.45) is 23.0 Å². The first kappa shape index (κ1) is 20.7. The van der Waals surface area contributed by atoms with E-state index in [1.807, 2.05) is 20.8 Å². The zero-order chi connectivity index (χ0) is 18.7. The Balaban J connectivity index is 1.66. The van der Waals surface area contributed by atoms with Crippen LogP contribution >= 0.6 is 0 Å². The van der Waals surface area contributed by atoms with Crippen LogP contribution in [0.1, 0.15) is 60.3 Å². The molecule has 4 unspecified atom stereocenters. The Morgan fingerprint density at radius 2 is 1.88 bits per heavy atom. The van der Waals surface area contributed by atoms with Crippen molar-refractivity contribution >= 4 is 5.91 Å². The Morgan fingerprint density at radius 3 is 2.44 bits per heavy atom. The molecule has 1 aliphatic heterocycles. The van der Waals surface area contributed by atoms with Crippen molar-refractivity contribution in [1.29, 1.82) is 0 Å². The van der Waals surface area contributed by atoms with Crippen LogP contribution in [0, 0.1) is 17.3 Å². The number of unbranched alkanes of at least 4 members (excludes halogenated alkanes) is 1. The summed E-state index contributed by atoms with van der Waals surface area (Å²) in [7, 11) is 0. The monoisotopic (exact) mass is 353 g/mol. The van der Waals surface area contributed by atoms with E-state index in [9.17, 15) is 4.79 Å². The fourth-order valence-corrected chi connectivity index (χ4v) is 4.62. The molecule has 2 aliphatic rings. The lowest BCUT2D eigenvalue weighted by Crippen LogP contribution is -2.75. The Hall–Kier alpha value is -0.650. The number of nitrogens with zero attached hydrogens (tertiary/aromatic N) is 1. The van der Waals surface area contributed by atoms with Crippen molar-refractivity contribution in [1.82, 2.24) is 10.2 Å². The molecule has 0 radical (unpaired) electrons. The van der Waals surface area contributed by atoms with Crippen molar-refractivity contribution in [2.75, 3.05) is 32.8 Å². The molecule has 3 N–H and O–H groups in total. The molecule has 0 aromatic heterocycles. The standard InChI is InChI=1S/C20H39N3O2/c1-6-25-17-12-20(21,19(17,4)5)18(24)22-9-7-8-10-23-13-15(2)11-16(3)14-23/h15-17H,6-14,21H2,1-5H3,(H,22,24). The first-order chi connectivity index (χ1) is 11.7. The minimum Gasteiger partial charge on any atom is -0.378 e. The van der Waals surface area contributed by atoms with Gasteiger partial charge in [-0.25, -0.2) is 0 Å². The highest BCUT2D eigenvalue weighted by Crippen LogP contribution is 2.49. The van der Waals surface area contributed by atoms with E-state index in [1.54, 1.807) is 0 Å². The number of carbonyl (C=O) groups is 1. The second-order valence-corrected chi connectivity index (χ2v) is 9.01. The summed E-state index contributed by atoms with van der Waals surface area (Å²) < 4.78 is 5.70. The number of rotatable bonds is 8. The van der Waals surface area contributed by atoms with E-state index in [4.69, 9.17) is 10.5 Å². The molecule has 5 heteroatoms. The van der Waals surface area contributed by atoms with Gasteiger partial charge >= 0.3 is 0 Å². The smallest absolute Gasteiger partial charge is 0.240 e. The molecule has 146 valence electrons. The molecule has 1 aliphatic carbocycles. The highest BCUT2D eigenvalue weighted by atomic mass is 16.5. The zero-order valence-electron chi connectivity index (χ0n) is 16.9. The number of carbonyl (C=O) groups excluding carboxylic acids is 1. The minimum absolute atomic E-state index is 0.0197. The SMILES string of the molecule is CCOC1CC(N)(C(=O)NCCCCN2CC(C)CC(C)C2)C1(C)C. The van der Waals surface area contributed by atoms with E-state index in [0.29, 0.717) is 19.6 Å². The lowest BCUT2D eigenvalue weighted by molar-refractivity contribution is -0.170. The van der Waals surface area contributed by atoms with Crippen LogP contribution in [0.5, 0.6) is 0 Å². The van der Waals surface area contributed by atoms with Crippen LogP contribution in [-0.4, -0.2) is 55.2 Å². The molecular weight excluding hydrogens is 314 g/mol. The van der Waals surface area contributed by atoms with E-state index in [0.717, 1.165) is 31.2 Å². The molecule has 1 saturated heterocycles. The summed E-state index contributed by atoms with van der Waals surface area (Å²) in [5.74, 6) is 1.59. The number of ether oxygens (including phenoxy) is 1. The molecule has 2 rings (SSSR count). The van der Waals surface area contributed by atoms with Crippen molar-refractivity contribution < 1.29 is 9.53 Å². The molecule has 1 heterocycles. The second kappa shape index (κ2) is 8.36. The Labute approximate surface area is 154 Å². The minimum atomic E-state index is -0.801. The molecule has 4 atom stereocenters. The van der Waals surface area contributed by atoms with Crippen LogP contribution in [0.15, 0.2) is 0 Å². The van der Waals surface area contributed by atoms with Gasteiger partial charge in [-0.1, -0.05) is 27.7 Å². The molecular formula is C20H39N3O2. The summed E-state index contributed by atoms with van der Waals surface area (Å²) in [5, 5.41) is 3.06. The summed E-state index contributed by atoms with van der Waals surface area (Å²) in [6.07, 6.45) is 4.18. The molecule has 1 saturated carbocycles. The number of piperidine rings is 1. The van der Waals surface area contributed by atoms with Crippen molar-refractivity contribution in [2.45, 2.75) is 71.9 Å². The van der Waals surface area contributed by atoms with Crippen LogP contribution in [0.2, 0.25) is 0 Å². The van der Waals surface area contributed by atoms with E-state index < -0.39 is 5.54 Å². The molecule has 0 aromatic carbocycles. The van der Waals surface area contributed by atoms with E-state index in [-0.39, 0.29) is 17.4 Å². The number of nitrogens with one attached hydrogen (secondary N) is 1. The average Bonchev–Trinajstić information content (AvgIpc) is 2.53. The van der Waals surface area contributed by atoms with Gasteiger partial charge < -0.3 is 20.7 Å². The normalized spacial score (nSPS) is 35.2. The summed E-state index contributed by atoms with van der Waals surface area (Å²) >= 11 is 0. The van der Waals surface area contributed by atoms with Gasteiger partial charge in [0.2, 0.25) is 5.91 Å². The van der Waals surface area contributed by atoms with Gasteiger partial charge in [-0.15, -0.1) is 0 Å². The van der Waals surface area contributed by atoms with E-state index in [2.05, 4.69) is 24.1 Å². The summed E-state index contributed by atoms with van der Waals surface area (Å²) in [5.41, 5.74) is 5.29. The lowest BCUT2D eigenvalue weighted by atomic mass is 9.54. The van der Waals surface area contributed by atoms with Gasteiger partial charge in [0.05, 0.1) is 6.10 Å². The number of nitrogens with two attached hydrogens (primary N) is 1. The number of likely N-dealkylation sites (tertiary alicyclic amines) is 1. The predicted octanol–water partition coefficient (Wildman–Crippen LogP) is 2.39. The maximum atomic E-state index is 12.6. The molecule has 0 spiro atoms.